The van der Waals surface area contributed by atoms with Crippen molar-refractivity contribution in [2.75, 3.05) is 37.4 Å². The van der Waals surface area contributed by atoms with Crippen LogP contribution in [0.25, 0.3) is 0 Å². The number of hydrogen-bond acceptors (Lipinski definition) is 5. The molecule has 4 nitrogen and oxygen atoms in total. The SMILES string of the molecule is CS(=O)(=O)C1CSCCN1CCC1(CN)CCCCC1. The van der Waals surface area contributed by atoms with E-state index >= 15 is 0 Å². The summed E-state index contributed by atoms with van der Waals surface area (Å²) in [6.07, 6.45) is 8.75. The molecular formula is C14H28N2O2S2. The first-order valence-electron chi connectivity index (χ1n) is 7.68. The fraction of sp³-hybridized carbons (Fsp3) is 1.00. The monoisotopic (exact) mass is 320 g/mol. The molecule has 1 aliphatic heterocycles. The van der Waals surface area contributed by atoms with Crippen LogP contribution in [0.2, 0.25) is 0 Å². The summed E-state index contributed by atoms with van der Waals surface area (Å²) in [4.78, 5) is 2.18. The molecule has 0 amide bonds. The number of thioether (sulfide) groups is 1. The van der Waals surface area contributed by atoms with Crippen LogP contribution in [-0.2, 0) is 9.84 Å². The maximum atomic E-state index is 11.9. The van der Waals surface area contributed by atoms with Gasteiger partial charge in [0.15, 0.2) is 9.84 Å². The van der Waals surface area contributed by atoms with Gasteiger partial charge in [-0.05, 0) is 31.2 Å². The first-order valence-corrected chi connectivity index (χ1v) is 10.8. The van der Waals surface area contributed by atoms with Crippen LogP contribution < -0.4 is 5.73 Å². The Hall–Kier alpha value is 0.220. The second-order valence-electron chi connectivity index (χ2n) is 6.41. The van der Waals surface area contributed by atoms with Crippen LogP contribution in [-0.4, -0.2) is 56.1 Å². The zero-order valence-electron chi connectivity index (χ0n) is 12.5. The molecule has 118 valence electrons. The van der Waals surface area contributed by atoms with Gasteiger partial charge in [0.25, 0.3) is 0 Å². The zero-order valence-corrected chi connectivity index (χ0v) is 14.1. The summed E-state index contributed by atoms with van der Waals surface area (Å²) >= 11 is 1.75. The van der Waals surface area contributed by atoms with Crippen molar-refractivity contribution in [3.63, 3.8) is 0 Å². The minimum Gasteiger partial charge on any atom is -0.330 e. The molecule has 1 saturated heterocycles. The van der Waals surface area contributed by atoms with E-state index in [0.29, 0.717) is 5.75 Å². The molecule has 1 saturated carbocycles. The van der Waals surface area contributed by atoms with Crippen molar-refractivity contribution < 1.29 is 8.42 Å². The molecule has 1 aliphatic carbocycles. The first-order chi connectivity index (χ1) is 9.47. The molecule has 0 aromatic carbocycles. The number of nitrogens with zero attached hydrogens (tertiary/aromatic N) is 1. The van der Waals surface area contributed by atoms with E-state index in [-0.39, 0.29) is 10.8 Å². The van der Waals surface area contributed by atoms with Crippen molar-refractivity contribution in [1.29, 1.82) is 0 Å². The van der Waals surface area contributed by atoms with Crippen LogP contribution in [0, 0.1) is 5.41 Å². The van der Waals surface area contributed by atoms with Crippen molar-refractivity contribution >= 4 is 21.6 Å². The van der Waals surface area contributed by atoms with E-state index in [1.807, 2.05) is 0 Å². The number of nitrogens with two attached hydrogens (primary N) is 1. The van der Waals surface area contributed by atoms with Gasteiger partial charge in [-0.15, -0.1) is 0 Å². The van der Waals surface area contributed by atoms with Gasteiger partial charge < -0.3 is 5.73 Å². The first kappa shape index (κ1) is 16.6. The molecule has 6 heteroatoms. The van der Waals surface area contributed by atoms with Crippen LogP contribution in [0.1, 0.15) is 38.5 Å². The lowest BCUT2D eigenvalue weighted by atomic mass is 9.72. The van der Waals surface area contributed by atoms with Gasteiger partial charge in [-0.25, -0.2) is 8.42 Å². The molecule has 1 unspecified atom stereocenters. The Kier molecular flexibility index (Phi) is 5.79. The quantitative estimate of drug-likeness (QED) is 0.835. The lowest BCUT2D eigenvalue weighted by molar-refractivity contribution is 0.145. The normalized spacial score (nSPS) is 28.4. The van der Waals surface area contributed by atoms with Gasteiger partial charge >= 0.3 is 0 Å². The molecule has 0 aromatic heterocycles. The Morgan fingerprint density at radius 1 is 1.30 bits per heavy atom. The maximum Gasteiger partial charge on any atom is 0.164 e. The van der Waals surface area contributed by atoms with Crippen LogP contribution in [0.15, 0.2) is 0 Å². The fourth-order valence-electron chi connectivity index (χ4n) is 3.50. The maximum absolute atomic E-state index is 11.9. The van der Waals surface area contributed by atoms with Gasteiger partial charge in [0.2, 0.25) is 0 Å². The summed E-state index contributed by atoms with van der Waals surface area (Å²) in [6.45, 7) is 2.53. The third-order valence-electron chi connectivity index (χ3n) is 4.96. The van der Waals surface area contributed by atoms with Crippen molar-refractivity contribution in [2.24, 2.45) is 11.1 Å². The van der Waals surface area contributed by atoms with Crippen LogP contribution >= 0.6 is 11.8 Å². The Bertz CT molecular complexity index is 405. The predicted molar refractivity (Wildman–Crippen MR) is 86.7 cm³/mol. The van der Waals surface area contributed by atoms with Crippen LogP contribution in [0.4, 0.5) is 0 Å². The molecule has 20 heavy (non-hydrogen) atoms. The van der Waals surface area contributed by atoms with Crippen molar-refractivity contribution in [2.45, 2.75) is 43.9 Å². The van der Waals surface area contributed by atoms with Gasteiger partial charge in [-0.3, -0.25) is 4.90 Å². The number of rotatable bonds is 5. The summed E-state index contributed by atoms with van der Waals surface area (Å²) in [7, 11) is -2.98. The summed E-state index contributed by atoms with van der Waals surface area (Å²) in [6, 6.07) is 0. The van der Waals surface area contributed by atoms with Crippen LogP contribution in [0.5, 0.6) is 0 Å². The van der Waals surface area contributed by atoms with Crippen molar-refractivity contribution in [1.82, 2.24) is 4.90 Å². The lowest BCUT2D eigenvalue weighted by Crippen LogP contribution is -2.48. The lowest BCUT2D eigenvalue weighted by Gasteiger charge is -2.40. The fourth-order valence-corrected chi connectivity index (χ4v) is 6.48. The summed E-state index contributed by atoms with van der Waals surface area (Å²) < 4.78 is 23.8. The molecule has 2 aliphatic rings. The van der Waals surface area contributed by atoms with E-state index in [4.69, 9.17) is 5.73 Å². The largest absolute Gasteiger partial charge is 0.330 e. The highest BCUT2D eigenvalue weighted by Crippen LogP contribution is 2.39. The van der Waals surface area contributed by atoms with Crippen molar-refractivity contribution in [3.8, 4) is 0 Å². The molecule has 2 fully saturated rings. The van der Waals surface area contributed by atoms with E-state index in [9.17, 15) is 8.42 Å². The topological polar surface area (TPSA) is 63.4 Å². The number of sulfone groups is 1. The Labute approximate surface area is 127 Å². The third kappa shape index (κ3) is 4.12. The molecule has 2 rings (SSSR count). The average Bonchev–Trinajstić information content (AvgIpc) is 2.45. The smallest absolute Gasteiger partial charge is 0.164 e. The Morgan fingerprint density at radius 2 is 2.00 bits per heavy atom. The van der Waals surface area contributed by atoms with Gasteiger partial charge in [0.05, 0.1) is 0 Å². The third-order valence-corrected chi connectivity index (χ3v) is 7.65. The molecule has 0 aromatic rings. The van der Waals surface area contributed by atoms with Gasteiger partial charge in [-0.1, -0.05) is 19.3 Å². The molecule has 0 spiro atoms. The summed E-state index contributed by atoms with van der Waals surface area (Å²) in [5, 5.41) is -0.292. The van der Waals surface area contributed by atoms with Crippen molar-refractivity contribution in [3.05, 3.63) is 0 Å². The molecule has 2 N–H and O–H groups in total. The molecule has 0 radical (unpaired) electrons. The summed E-state index contributed by atoms with van der Waals surface area (Å²) in [5.41, 5.74) is 6.30. The van der Waals surface area contributed by atoms with E-state index in [1.54, 1.807) is 11.8 Å². The van der Waals surface area contributed by atoms with E-state index in [1.165, 1.54) is 38.4 Å². The average molecular weight is 321 g/mol. The van der Waals surface area contributed by atoms with Gasteiger partial charge in [0, 0.05) is 30.9 Å². The highest BCUT2D eigenvalue weighted by molar-refractivity contribution is 8.00. The van der Waals surface area contributed by atoms with Gasteiger partial charge in [0.1, 0.15) is 5.37 Å². The molecular weight excluding hydrogens is 292 g/mol. The second kappa shape index (κ2) is 6.99. The summed E-state index contributed by atoms with van der Waals surface area (Å²) in [5.74, 6) is 1.76. The molecule has 1 heterocycles. The van der Waals surface area contributed by atoms with E-state index < -0.39 is 9.84 Å². The Morgan fingerprint density at radius 3 is 2.60 bits per heavy atom. The highest BCUT2D eigenvalue weighted by Gasteiger charge is 2.35. The predicted octanol–water partition coefficient (Wildman–Crippen LogP) is 1.71. The van der Waals surface area contributed by atoms with E-state index in [2.05, 4.69) is 4.90 Å². The second-order valence-corrected chi connectivity index (χ2v) is 9.76. The van der Waals surface area contributed by atoms with E-state index in [0.717, 1.165) is 31.8 Å². The zero-order chi connectivity index (χ0) is 14.6. The highest BCUT2D eigenvalue weighted by atomic mass is 32.2. The standard InChI is InChI=1S/C14H28N2O2S2/c1-20(17,18)13-11-19-10-9-16(13)8-7-14(12-15)5-3-2-4-6-14/h13H,2-12,15H2,1H3. The molecule has 0 bridgehead atoms. The van der Waals surface area contributed by atoms with Crippen LogP contribution in [0.3, 0.4) is 0 Å². The molecule has 1 atom stereocenters. The number of hydrogen-bond donors (Lipinski definition) is 1. The Balaban J connectivity index is 1.96. The minimum absolute atomic E-state index is 0.269. The minimum atomic E-state index is -2.98. The van der Waals surface area contributed by atoms with Gasteiger partial charge in [-0.2, -0.15) is 11.8 Å².